The molecule has 2 aromatic carbocycles. The second-order valence-electron chi connectivity index (χ2n) is 4.86. The third-order valence-corrected chi connectivity index (χ3v) is 4.00. The van der Waals surface area contributed by atoms with Crippen molar-refractivity contribution in [3.8, 4) is 0 Å². The number of hydrogen-bond acceptors (Lipinski definition) is 3. The molecule has 0 saturated heterocycles. The Morgan fingerprint density at radius 3 is 2.00 bits per heavy atom. The fourth-order valence-electron chi connectivity index (χ4n) is 2.15. The summed E-state index contributed by atoms with van der Waals surface area (Å²) in [6, 6.07) is 8.80. The fraction of sp³-hybridized carbons (Fsp3) is 0.125. The first kappa shape index (κ1) is 15.9. The lowest BCUT2D eigenvalue weighted by Gasteiger charge is -2.02. The van der Waals surface area contributed by atoms with Crippen LogP contribution in [-0.2, 0) is 12.8 Å². The summed E-state index contributed by atoms with van der Waals surface area (Å²) >= 11 is 11.9. The zero-order valence-electron chi connectivity index (χ0n) is 11.7. The van der Waals surface area contributed by atoms with Gasteiger partial charge in [-0.05, 0) is 24.3 Å². The van der Waals surface area contributed by atoms with Crippen LogP contribution < -0.4 is 0 Å². The van der Waals surface area contributed by atoms with Crippen molar-refractivity contribution in [1.82, 2.24) is 10.1 Å². The molecule has 7 heteroatoms. The molecule has 0 aliphatic rings. The van der Waals surface area contributed by atoms with Gasteiger partial charge < -0.3 is 4.52 Å². The Morgan fingerprint density at radius 2 is 1.43 bits per heavy atom. The zero-order chi connectivity index (χ0) is 16.4. The molecule has 0 unspecified atom stereocenters. The summed E-state index contributed by atoms with van der Waals surface area (Å²) in [5.41, 5.74) is 0.554. The van der Waals surface area contributed by atoms with E-state index in [2.05, 4.69) is 10.1 Å². The highest BCUT2D eigenvalue weighted by atomic mass is 35.5. The van der Waals surface area contributed by atoms with Crippen LogP contribution in [0.1, 0.15) is 22.8 Å². The lowest BCUT2D eigenvalue weighted by atomic mass is 10.1. The Hall–Kier alpha value is -1.98. The lowest BCUT2D eigenvalue weighted by Crippen LogP contribution is -1.97. The predicted molar refractivity (Wildman–Crippen MR) is 82.7 cm³/mol. The van der Waals surface area contributed by atoms with Crippen LogP contribution in [0, 0.1) is 11.6 Å². The molecule has 3 nitrogen and oxygen atoms in total. The topological polar surface area (TPSA) is 38.9 Å². The second kappa shape index (κ2) is 6.64. The summed E-state index contributed by atoms with van der Waals surface area (Å²) in [6.07, 6.45) is 0.142. The van der Waals surface area contributed by atoms with Crippen LogP contribution in [0.2, 0.25) is 10.0 Å². The highest BCUT2D eigenvalue weighted by Gasteiger charge is 2.15. The average molecular weight is 355 g/mol. The van der Waals surface area contributed by atoms with Crippen molar-refractivity contribution in [3.05, 3.63) is 80.9 Å². The van der Waals surface area contributed by atoms with Crippen LogP contribution in [0.5, 0.6) is 0 Å². The van der Waals surface area contributed by atoms with Gasteiger partial charge in [0, 0.05) is 27.6 Å². The molecule has 3 rings (SSSR count). The molecule has 23 heavy (non-hydrogen) atoms. The molecule has 0 fully saturated rings. The monoisotopic (exact) mass is 354 g/mol. The van der Waals surface area contributed by atoms with E-state index in [-0.39, 0.29) is 45.7 Å². The van der Waals surface area contributed by atoms with Crippen LogP contribution in [-0.4, -0.2) is 10.1 Å². The van der Waals surface area contributed by atoms with Crippen molar-refractivity contribution in [2.24, 2.45) is 0 Å². The van der Waals surface area contributed by atoms with Gasteiger partial charge in [0.25, 0.3) is 0 Å². The Bertz CT molecular complexity index is 743. The van der Waals surface area contributed by atoms with E-state index in [9.17, 15) is 8.78 Å². The maximum Gasteiger partial charge on any atom is 0.231 e. The van der Waals surface area contributed by atoms with Gasteiger partial charge in [-0.25, -0.2) is 8.78 Å². The first-order valence-electron chi connectivity index (χ1n) is 6.72. The van der Waals surface area contributed by atoms with E-state index in [1.807, 2.05) is 0 Å². The molecule has 3 aromatic rings. The third kappa shape index (κ3) is 3.51. The molecule has 0 bridgehead atoms. The van der Waals surface area contributed by atoms with E-state index in [4.69, 9.17) is 27.7 Å². The normalized spacial score (nSPS) is 11.0. The molecule has 0 saturated carbocycles. The molecule has 0 N–H and O–H groups in total. The Balaban J connectivity index is 1.81. The smallest absolute Gasteiger partial charge is 0.231 e. The quantitative estimate of drug-likeness (QED) is 0.673. The summed E-state index contributed by atoms with van der Waals surface area (Å²) in [4.78, 5) is 4.14. The van der Waals surface area contributed by atoms with Gasteiger partial charge in [-0.3, -0.25) is 0 Å². The molecule has 118 valence electrons. The number of rotatable bonds is 4. The molecule has 1 aromatic heterocycles. The fourth-order valence-corrected chi connectivity index (χ4v) is 2.61. The van der Waals surface area contributed by atoms with Gasteiger partial charge >= 0.3 is 0 Å². The number of aromatic nitrogens is 2. The minimum Gasteiger partial charge on any atom is -0.339 e. The molecular formula is C16H10Cl2F2N2O. The van der Waals surface area contributed by atoms with Crippen LogP contribution >= 0.6 is 23.2 Å². The van der Waals surface area contributed by atoms with Gasteiger partial charge in [0.15, 0.2) is 5.82 Å². The minimum atomic E-state index is -0.450. The van der Waals surface area contributed by atoms with Crippen LogP contribution in [0.4, 0.5) is 8.78 Å². The highest BCUT2D eigenvalue weighted by Crippen LogP contribution is 2.23. The molecule has 1 heterocycles. The lowest BCUT2D eigenvalue weighted by molar-refractivity contribution is 0.378. The Kier molecular flexibility index (Phi) is 4.59. The zero-order valence-corrected chi connectivity index (χ0v) is 13.2. The van der Waals surface area contributed by atoms with Crippen molar-refractivity contribution < 1.29 is 13.3 Å². The highest BCUT2D eigenvalue weighted by molar-refractivity contribution is 6.31. The first-order chi connectivity index (χ1) is 11.0. The molecule has 0 spiro atoms. The molecular weight excluding hydrogens is 345 g/mol. The molecule has 0 radical (unpaired) electrons. The average Bonchev–Trinajstić information content (AvgIpc) is 2.95. The van der Waals surface area contributed by atoms with E-state index in [1.54, 1.807) is 12.1 Å². The van der Waals surface area contributed by atoms with E-state index >= 15 is 0 Å². The first-order valence-corrected chi connectivity index (χ1v) is 7.47. The number of nitrogens with zero attached hydrogens (tertiary/aromatic N) is 2. The van der Waals surface area contributed by atoms with Crippen LogP contribution in [0.25, 0.3) is 0 Å². The van der Waals surface area contributed by atoms with Gasteiger partial charge in [-0.15, -0.1) is 0 Å². The van der Waals surface area contributed by atoms with Crippen molar-refractivity contribution in [2.75, 3.05) is 0 Å². The largest absolute Gasteiger partial charge is 0.339 e. The Morgan fingerprint density at radius 1 is 0.870 bits per heavy atom. The Labute approximate surface area is 140 Å². The van der Waals surface area contributed by atoms with E-state index in [0.717, 1.165) is 0 Å². The van der Waals surface area contributed by atoms with Crippen molar-refractivity contribution in [2.45, 2.75) is 12.8 Å². The van der Waals surface area contributed by atoms with Crippen LogP contribution in [0.15, 0.2) is 40.9 Å². The summed E-state index contributed by atoms with van der Waals surface area (Å²) in [6.45, 7) is 0. The van der Waals surface area contributed by atoms with Gasteiger partial charge in [0.1, 0.15) is 11.6 Å². The van der Waals surface area contributed by atoms with Crippen molar-refractivity contribution >= 4 is 23.2 Å². The van der Waals surface area contributed by atoms with E-state index in [0.29, 0.717) is 0 Å². The molecule has 0 aliphatic heterocycles. The molecule has 0 aliphatic carbocycles. The van der Waals surface area contributed by atoms with Crippen molar-refractivity contribution in [3.63, 3.8) is 0 Å². The SMILES string of the molecule is Fc1cccc(Cl)c1Cc1noc(Cc2c(F)cccc2Cl)n1. The summed E-state index contributed by atoms with van der Waals surface area (Å²) in [5, 5.41) is 4.34. The van der Waals surface area contributed by atoms with Crippen molar-refractivity contribution in [1.29, 1.82) is 0 Å². The molecule has 0 amide bonds. The van der Waals surface area contributed by atoms with Gasteiger partial charge in [0.2, 0.25) is 5.89 Å². The number of hydrogen-bond donors (Lipinski definition) is 0. The minimum absolute atomic E-state index is 0.0590. The summed E-state index contributed by atoms with van der Waals surface area (Å²) < 4.78 is 32.6. The summed E-state index contributed by atoms with van der Waals surface area (Å²) in [5.74, 6) is -0.436. The van der Waals surface area contributed by atoms with Gasteiger partial charge in [0.05, 0.1) is 6.42 Å². The molecule has 0 atom stereocenters. The number of halogens is 4. The van der Waals surface area contributed by atoms with E-state index in [1.165, 1.54) is 24.3 Å². The predicted octanol–water partition coefficient (Wildman–Crippen LogP) is 4.84. The van der Waals surface area contributed by atoms with Gasteiger partial charge in [-0.2, -0.15) is 4.98 Å². The van der Waals surface area contributed by atoms with E-state index < -0.39 is 11.6 Å². The van der Waals surface area contributed by atoms with Crippen LogP contribution in [0.3, 0.4) is 0 Å². The third-order valence-electron chi connectivity index (χ3n) is 3.30. The maximum atomic E-state index is 13.8. The summed E-state index contributed by atoms with van der Waals surface area (Å²) in [7, 11) is 0. The number of benzene rings is 2. The van der Waals surface area contributed by atoms with Gasteiger partial charge in [-0.1, -0.05) is 40.5 Å². The standard InChI is InChI=1S/C16H10Cl2F2N2O/c17-11-3-1-5-13(19)9(11)7-15-21-16(23-22-15)8-10-12(18)4-2-6-14(10)20/h1-6H,7-8H2. The second-order valence-corrected chi connectivity index (χ2v) is 5.67. The maximum absolute atomic E-state index is 13.8.